The fourth-order valence-electron chi connectivity index (χ4n) is 1.13. The van der Waals surface area contributed by atoms with Crippen LogP contribution in [0.25, 0.3) is 11.5 Å². The number of aliphatic carboxylic acids is 1. The van der Waals surface area contributed by atoms with Gasteiger partial charge in [0.1, 0.15) is 5.97 Å². The van der Waals surface area contributed by atoms with Crippen LogP contribution >= 0.6 is 19.4 Å². The molecule has 6 nitrogen and oxygen atoms in total. The molecule has 1 rings (SSSR count). The molecule has 0 aromatic heterocycles. The van der Waals surface area contributed by atoms with Crippen molar-refractivity contribution in [1.29, 1.82) is 0 Å². The number of rotatable bonds is 1. The third-order valence-corrected chi connectivity index (χ3v) is 1.86. The van der Waals surface area contributed by atoms with Gasteiger partial charge in [-0.05, 0) is 0 Å². The topological polar surface area (TPSA) is 135 Å². The summed E-state index contributed by atoms with van der Waals surface area (Å²) in [6.07, 6.45) is 3.97. The van der Waals surface area contributed by atoms with Crippen LogP contribution in [-0.4, -0.2) is 29.8 Å². The zero-order valence-corrected chi connectivity index (χ0v) is 12.9. The molecule has 0 spiro atoms. The summed E-state index contributed by atoms with van der Waals surface area (Å²) in [7, 11) is 0. The Balaban J connectivity index is -0.000000187. The Morgan fingerprint density at radius 3 is 1.62 bits per heavy atom. The second-order valence-corrected chi connectivity index (χ2v) is 2.93. The number of carboxylic acids is 1. The van der Waals surface area contributed by atoms with Crippen LogP contribution in [0.2, 0.25) is 0 Å². The van der Waals surface area contributed by atoms with Crippen molar-refractivity contribution in [3.05, 3.63) is 11.5 Å². The number of aldehydes is 1. The molecule has 1 saturated carbocycles. The van der Waals surface area contributed by atoms with E-state index in [0.717, 1.165) is 12.8 Å². The summed E-state index contributed by atoms with van der Waals surface area (Å²) in [5.41, 5.74) is 14.6. The van der Waals surface area contributed by atoms with E-state index < -0.39 is 5.97 Å². The molecule has 1 fully saturated rings. The zero-order valence-electron chi connectivity index (χ0n) is 8.43. The van der Waals surface area contributed by atoms with Crippen molar-refractivity contribution in [2.75, 3.05) is 0 Å². The first-order chi connectivity index (χ1) is 7.07. The Kier molecular flexibility index (Phi) is 20.9. The zero-order chi connectivity index (χ0) is 12.3. The molecule has 16 heavy (non-hydrogen) atoms. The van der Waals surface area contributed by atoms with E-state index >= 15 is 0 Å². The van der Waals surface area contributed by atoms with Crippen LogP contribution in [0.3, 0.4) is 0 Å². The second-order valence-electron chi connectivity index (χ2n) is 2.93. The first-order valence-corrected chi connectivity index (χ1v) is 10.7. The van der Waals surface area contributed by atoms with E-state index in [2.05, 4.69) is 35.5 Å². The molecule has 0 unspecified atom stereocenters. The Labute approximate surface area is 117 Å². The average Bonchev–Trinajstić information content (AvgIpc) is 2.26. The number of hydrogen-bond donors (Lipinski definition) is 0. The molecule has 0 bridgehead atoms. The summed E-state index contributed by atoms with van der Waals surface area (Å²) in [5, 5.41) is 8.89. The van der Waals surface area contributed by atoms with Gasteiger partial charge in [0.15, 0.2) is 6.29 Å². The molecule has 0 aliphatic heterocycles. The summed E-state index contributed by atoms with van der Waals surface area (Å²) < 4.78 is 0. The van der Waals surface area contributed by atoms with Crippen molar-refractivity contribution >= 4 is 31.6 Å². The smallest absolute Gasteiger partial charge is 0.0548 e. The number of hydrogen-bond acceptors (Lipinski definition) is 4. The van der Waals surface area contributed by atoms with Crippen LogP contribution < -0.4 is 5.11 Å². The first-order valence-electron chi connectivity index (χ1n) is 4.28. The van der Waals surface area contributed by atoms with Crippen LogP contribution in [0.1, 0.15) is 25.7 Å². The molecule has 101 valence electrons. The van der Waals surface area contributed by atoms with E-state index in [1.807, 2.05) is 0 Å². The minimum atomic E-state index is -1.68. The number of carbonyl (C=O) groups excluding carboxylic acids is 2. The third-order valence-electron chi connectivity index (χ3n) is 1.86. The van der Waals surface area contributed by atoms with Gasteiger partial charge in [0, 0.05) is 0 Å². The summed E-state index contributed by atoms with van der Waals surface area (Å²) in [4.78, 5) is 17.7. The minimum Gasteiger partial charge on any atom is -0.870 e. The molecule has 0 aromatic carbocycles. The average molecular weight is 524 g/mol. The van der Waals surface area contributed by atoms with Gasteiger partial charge < -0.3 is 26.8 Å². The Morgan fingerprint density at radius 1 is 1.25 bits per heavy atom. The van der Waals surface area contributed by atoms with E-state index in [9.17, 15) is 0 Å². The fourth-order valence-corrected chi connectivity index (χ4v) is 1.13. The van der Waals surface area contributed by atoms with Crippen LogP contribution in [0.15, 0.2) is 0 Å². The van der Waals surface area contributed by atoms with Gasteiger partial charge in [-0.3, -0.25) is 4.79 Å². The number of carboxylic acid groups (broad SMARTS) is 1. The van der Waals surface area contributed by atoms with Gasteiger partial charge in [-0.25, -0.2) is 0 Å². The molecule has 2 atom stereocenters. The predicted octanol–water partition coefficient (Wildman–Crippen LogP) is 1.04. The van der Waals surface area contributed by atoms with Crippen molar-refractivity contribution in [1.82, 2.24) is 0 Å². The summed E-state index contributed by atoms with van der Waals surface area (Å²) in [6.45, 7) is 0. The molecule has 0 aromatic rings. The van der Waals surface area contributed by atoms with Gasteiger partial charge in [0.2, 0.25) is 0 Å². The van der Waals surface area contributed by atoms with Gasteiger partial charge >= 0.3 is 35.5 Å². The molecular formula is C8H14IN2O4Pt-4. The first kappa shape index (κ1) is 21.7. The van der Waals surface area contributed by atoms with Crippen molar-refractivity contribution < 1.29 is 36.3 Å². The van der Waals surface area contributed by atoms with Gasteiger partial charge in [0.25, 0.3) is 0 Å². The van der Waals surface area contributed by atoms with Crippen LogP contribution in [0.4, 0.5) is 0 Å². The second kappa shape index (κ2) is 15.4. The van der Waals surface area contributed by atoms with Crippen molar-refractivity contribution in [2.45, 2.75) is 37.8 Å². The van der Waals surface area contributed by atoms with Crippen LogP contribution in [-0.2, 0) is 25.7 Å². The van der Waals surface area contributed by atoms with E-state index in [4.69, 9.17) is 26.2 Å². The quantitative estimate of drug-likeness (QED) is 0.288. The minimum absolute atomic E-state index is 0. The molecular weight excluding hydrogens is 510 g/mol. The molecule has 3 N–H and O–H groups in total. The van der Waals surface area contributed by atoms with Gasteiger partial charge in [0.05, 0.1) is 0 Å². The fraction of sp³-hybridized carbons (Fsp3) is 0.750. The van der Waals surface area contributed by atoms with Crippen LogP contribution in [0.5, 0.6) is 0 Å². The number of nitrogens with one attached hydrogen (secondary N) is 2. The van der Waals surface area contributed by atoms with Crippen molar-refractivity contribution in [3.63, 3.8) is 0 Å². The normalized spacial score (nSPS) is 22.3. The molecule has 0 amide bonds. The Morgan fingerprint density at radius 2 is 1.50 bits per heavy atom. The predicted molar refractivity (Wildman–Crippen MR) is 61.7 cm³/mol. The Bertz CT molecular complexity index is 175. The number of halogens is 1. The summed E-state index contributed by atoms with van der Waals surface area (Å²) in [6, 6.07) is -0.160. The maximum atomic E-state index is 8.89. The summed E-state index contributed by atoms with van der Waals surface area (Å²) >= 11 is 4.23. The Hall–Kier alpha value is 0.438. The number of carbonyl (C=O) groups is 2. The van der Waals surface area contributed by atoms with Crippen LogP contribution in [0, 0.1) is 0 Å². The maximum absolute atomic E-state index is 8.89. The molecule has 1 aliphatic rings. The summed E-state index contributed by atoms with van der Waals surface area (Å²) in [5.74, 6) is -1.68. The van der Waals surface area contributed by atoms with E-state index in [0.29, 0.717) is 0 Å². The molecule has 0 saturated heterocycles. The van der Waals surface area contributed by atoms with Crippen molar-refractivity contribution in [2.24, 2.45) is 0 Å². The SMILES string of the molecule is O=CC(=O)[O-].[I][Pt].[NH-][C@@H]1CCCC[C@H]1[NH-].[OH-]. The monoisotopic (exact) mass is 524 g/mol. The van der Waals surface area contributed by atoms with E-state index in [1.54, 1.807) is 0 Å². The molecule has 8 heteroatoms. The van der Waals surface area contributed by atoms with E-state index in [-0.39, 0.29) is 23.8 Å². The van der Waals surface area contributed by atoms with Gasteiger partial charge in [-0.15, -0.1) is 0 Å². The molecule has 1 aliphatic carbocycles. The largest absolute Gasteiger partial charge is 0.870 e. The standard InChI is InChI=1S/C6H12N2.C2H2O3.HI.H2O.Pt/c7-5-3-1-2-4-6(5)8;3-1-2(4)5;;;/h5-8H,1-4H2;1H,(H,4,5);1H;1H2;/q-2;;;;+1/p-3/t5-,6-;;;;/m1..../s1. The maximum Gasteiger partial charge on any atom is -0.0548 e. The van der Waals surface area contributed by atoms with Crippen molar-refractivity contribution in [3.8, 4) is 0 Å². The third kappa shape index (κ3) is 14.4. The van der Waals surface area contributed by atoms with E-state index in [1.165, 1.54) is 12.8 Å². The molecule has 0 heterocycles. The molecule has 0 radical (unpaired) electrons. The van der Waals surface area contributed by atoms with Gasteiger partial charge in [-0.2, -0.15) is 12.1 Å². The van der Waals surface area contributed by atoms with Gasteiger partial charge in [-0.1, -0.05) is 25.7 Å².